The fourth-order valence-electron chi connectivity index (χ4n) is 6.48. The summed E-state index contributed by atoms with van der Waals surface area (Å²) in [5.41, 5.74) is 4.97. The largest absolute Gasteiger partial charge is 0.477 e. The second-order valence-electron chi connectivity index (χ2n) is 10.2. The smallest absolute Gasteiger partial charge is 0.341 e. The third-order valence-corrected chi connectivity index (χ3v) is 8.36. The summed E-state index contributed by atoms with van der Waals surface area (Å²) in [6, 6.07) is 4.33. The number of hydrogen-bond donors (Lipinski definition) is 2. The predicted octanol–water partition coefficient (Wildman–Crippen LogP) is 4.14. The van der Waals surface area contributed by atoms with E-state index in [9.17, 15) is 23.5 Å². The zero-order valence-corrected chi connectivity index (χ0v) is 19.5. The number of aromatic carboxylic acids is 1. The van der Waals surface area contributed by atoms with Crippen molar-refractivity contribution < 1.29 is 23.1 Å². The molecule has 2 bridgehead atoms. The Morgan fingerprint density at radius 1 is 1.17 bits per heavy atom. The normalized spacial score (nSPS) is 26.6. The number of carboxylic acids is 1. The van der Waals surface area contributed by atoms with Crippen molar-refractivity contribution >= 4 is 22.6 Å². The molecule has 2 aromatic carbocycles. The Bertz CT molecular complexity index is 1550. The number of halogens is 3. The van der Waals surface area contributed by atoms with Crippen molar-refractivity contribution in [2.45, 2.75) is 25.3 Å². The van der Waals surface area contributed by atoms with Crippen LogP contribution in [0.4, 0.5) is 18.9 Å². The monoisotopic (exact) mass is 495 g/mol. The highest BCUT2D eigenvalue weighted by molar-refractivity contribution is 5.95. The fraction of sp³-hybridized carbons (Fsp3) is 0.333. The van der Waals surface area contributed by atoms with E-state index in [1.807, 2.05) is 4.90 Å². The van der Waals surface area contributed by atoms with Crippen molar-refractivity contribution in [3.05, 3.63) is 81.4 Å². The molecule has 3 aliphatic carbocycles. The quantitative estimate of drug-likeness (QED) is 0.533. The maximum atomic E-state index is 15.8. The average Bonchev–Trinajstić information content (AvgIpc) is 3.30. The van der Waals surface area contributed by atoms with Gasteiger partial charge in [0.25, 0.3) is 0 Å². The van der Waals surface area contributed by atoms with Gasteiger partial charge < -0.3 is 20.3 Å². The first-order chi connectivity index (χ1) is 17.1. The standard InChI is InChI=1S/C27H24F3N3O3/c1-13-23-21(33(11-17(25(23)34)26(35)36)20-3-2-15(28)8-19(20)29)9-22(24(13)30)32-10-16-14-4-6-27(31,7-5-14)18(16)12-32/h2-4,6,8-9,11,14,16,18H,5,7,10,12,31H2,1H3,(H,35,36). The maximum absolute atomic E-state index is 15.8. The van der Waals surface area contributed by atoms with E-state index in [1.54, 1.807) is 0 Å². The van der Waals surface area contributed by atoms with Crippen LogP contribution in [0.5, 0.6) is 0 Å². The predicted molar refractivity (Wildman–Crippen MR) is 129 cm³/mol. The molecule has 36 heavy (non-hydrogen) atoms. The van der Waals surface area contributed by atoms with E-state index < -0.39 is 40.0 Å². The third-order valence-electron chi connectivity index (χ3n) is 8.36. The van der Waals surface area contributed by atoms with Crippen LogP contribution < -0.4 is 16.1 Å². The van der Waals surface area contributed by atoms with Crippen molar-refractivity contribution in [3.63, 3.8) is 0 Å². The van der Waals surface area contributed by atoms with Crippen LogP contribution in [0.1, 0.15) is 28.8 Å². The van der Waals surface area contributed by atoms with Gasteiger partial charge in [-0.25, -0.2) is 18.0 Å². The van der Waals surface area contributed by atoms with Gasteiger partial charge in [-0.05, 0) is 49.8 Å². The van der Waals surface area contributed by atoms with E-state index in [1.165, 1.54) is 17.6 Å². The minimum atomic E-state index is -1.53. The highest BCUT2D eigenvalue weighted by Crippen LogP contribution is 2.50. The van der Waals surface area contributed by atoms with E-state index >= 15 is 4.39 Å². The molecule has 3 aromatic rings. The van der Waals surface area contributed by atoms with Gasteiger partial charge in [0.15, 0.2) is 0 Å². The topological polar surface area (TPSA) is 88.6 Å². The highest BCUT2D eigenvalue weighted by Gasteiger charge is 2.52. The second-order valence-corrected chi connectivity index (χ2v) is 10.2. The average molecular weight is 496 g/mol. The Kier molecular flexibility index (Phi) is 4.89. The molecule has 3 N–H and O–H groups in total. The number of fused-ring (bicyclic) bond motifs is 2. The summed E-state index contributed by atoms with van der Waals surface area (Å²) < 4.78 is 45.5. The Morgan fingerprint density at radius 2 is 1.94 bits per heavy atom. The maximum Gasteiger partial charge on any atom is 0.341 e. The van der Waals surface area contributed by atoms with Gasteiger partial charge >= 0.3 is 5.97 Å². The summed E-state index contributed by atoms with van der Waals surface area (Å²) in [5, 5.41) is 9.45. The van der Waals surface area contributed by atoms with Crippen LogP contribution in [-0.2, 0) is 0 Å². The van der Waals surface area contributed by atoms with Gasteiger partial charge in [-0.3, -0.25) is 4.79 Å². The summed E-state index contributed by atoms with van der Waals surface area (Å²) in [6.45, 7) is 2.54. The van der Waals surface area contributed by atoms with Crippen LogP contribution >= 0.6 is 0 Å². The summed E-state index contributed by atoms with van der Waals surface area (Å²) >= 11 is 0. The molecule has 0 radical (unpaired) electrons. The molecular weight excluding hydrogens is 471 g/mol. The summed E-state index contributed by atoms with van der Waals surface area (Å²) in [4.78, 5) is 26.8. The number of benzene rings is 2. The lowest BCUT2D eigenvalue weighted by Crippen LogP contribution is -2.55. The van der Waals surface area contributed by atoms with Crippen molar-refractivity contribution in [2.24, 2.45) is 23.5 Å². The number of nitrogens with zero attached hydrogens (tertiary/aromatic N) is 2. The van der Waals surface area contributed by atoms with Crippen LogP contribution in [-0.4, -0.2) is 34.3 Å². The number of anilines is 1. The molecule has 0 spiro atoms. The number of rotatable bonds is 3. The molecule has 4 atom stereocenters. The zero-order valence-electron chi connectivity index (χ0n) is 19.5. The molecule has 6 nitrogen and oxygen atoms in total. The van der Waals surface area contributed by atoms with E-state index in [-0.39, 0.29) is 39.7 Å². The van der Waals surface area contributed by atoms with E-state index in [0.717, 1.165) is 31.2 Å². The minimum Gasteiger partial charge on any atom is -0.477 e. The zero-order chi connectivity index (χ0) is 25.5. The lowest BCUT2D eigenvalue weighted by Gasteiger charge is -2.47. The van der Waals surface area contributed by atoms with Crippen molar-refractivity contribution in [1.29, 1.82) is 0 Å². The van der Waals surface area contributed by atoms with E-state index in [2.05, 4.69) is 12.2 Å². The van der Waals surface area contributed by atoms with E-state index in [0.29, 0.717) is 25.1 Å². The van der Waals surface area contributed by atoms with Gasteiger partial charge in [0.1, 0.15) is 23.0 Å². The molecule has 0 amide bonds. The Labute approximate surface area is 204 Å². The molecule has 1 saturated carbocycles. The van der Waals surface area contributed by atoms with Gasteiger partial charge in [0, 0.05) is 42.4 Å². The number of allylic oxidation sites excluding steroid dienone is 1. The Hall–Kier alpha value is -3.59. The lowest BCUT2D eigenvalue weighted by atomic mass is 9.60. The molecule has 1 saturated heterocycles. The number of carbonyl (C=O) groups is 1. The van der Waals surface area contributed by atoms with Crippen LogP contribution in [0.25, 0.3) is 16.6 Å². The number of hydrogen-bond acceptors (Lipinski definition) is 4. The molecule has 4 unspecified atom stereocenters. The third kappa shape index (κ3) is 3.15. The number of nitrogens with two attached hydrogens (primary N) is 1. The number of aryl methyl sites for hydroxylation is 1. The summed E-state index contributed by atoms with van der Waals surface area (Å²) in [5.74, 6) is -3.10. The van der Waals surface area contributed by atoms with Crippen LogP contribution in [0.15, 0.2) is 47.4 Å². The van der Waals surface area contributed by atoms with Crippen molar-refractivity contribution in [1.82, 2.24) is 4.57 Å². The van der Waals surface area contributed by atoms with E-state index in [4.69, 9.17) is 5.73 Å². The minimum absolute atomic E-state index is 0.0229. The second kappa shape index (κ2) is 7.70. The van der Waals surface area contributed by atoms with Gasteiger partial charge in [-0.2, -0.15) is 0 Å². The summed E-state index contributed by atoms with van der Waals surface area (Å²) in [7, 11) is 0. The van der Waals surface area contributed by atoms with Gasteiger partial charge in [0.2, 0.25) is 5.43 Å². The summed E-state index contributed by atoms with van der Waals surface area (Å²) in [6.07, 6.45) is 7.12. The van der Waals surface area contributed by atoms with Crippen LogP contribution in [0, 0.1) is 42.1 Å². The first-order valence-corrected chi connectivity index (χ1v) is 11.9. The van der Waals surface area contributed by atoms with Gasteiger partial charge in [-0.1, -0.05) is 12.2 Å². The number of aromatic nitrogens is 1. The lowest BCUT2D eigenvalue weighted by molar-refractivity contribution is 0.0695. The Morgan fingerprint density at radius 3 is 2.58 bits per heavy atom. The van der Waals surface area contributed by atoms with Crippen LogP contribution in [0.3, 0.4) is 0 Å². The fourth-order valence-corrected chi connectivity index (χ4v) is 6.48. The molecule has 9 heteroatoms. The first-order valence-electron chi connectivity index (χ1n) is 11.9. The molecule has 1 aromatic heterocycles. The first kappa shape index (κ1) is 22.8. The van der Waals surface area contributed by atoms with Crippen molar-refractivity contribution in [2.75, 3.05) is 18.0 Å². The van der Waals surface area contributed by atoms with Crippen molar-refractivity contribution in [3.8, 4) is 5.69 Å². The number of pyridine rings is 1. The molecule has 2 fully saturated rings. The highest BCUT2D eigenvalue weighted by atomic mass is 19.1. The van der Waals surface area contributed by atoms with Crippen LogP contribution in [0.2, 0.25) is 0 Å². The number of carboxylic acid groups (broad SMARTS) is 1. The molecule has 4 aliphatic rings. The Balaban J connectivity index is 1.57. The molecule has 186 valence electrons. The SMILES string of the molecule is Cc1c(F)c(N2CC3C4C=CC(N)(CC4)C3C2)cc2c1c(=O)c(C(=O)O)cn2-c1ccc(F)cc1F. The van der Waals surface area contributed by atoms with Gasteiger partial charge in [-0.15, -0.1) is 0 Å². The van der Waals surface area contributed by atoms with Gasteiger partial charge in [0.05, 0.1) is 22.3 Å². The molecule has 7 rings (SSSR count). The molecule has 2 heterocycles. The molecular formula is C27H24F3N3O3. The molecule has 1 aliphatic heterocycles.